The zero-order valence-corrected chi connectivity index (χ0v) is 20.4. The van der Waals surface area contributed by atoms with Crippen molar-refractivity contribution >= 4 is 21.6 Å². The summed E-state index contributed by atoms with van der Waals surface area (Å²) in [5.74, 6) is 1.29. The summed E-state index contributed by atoms with van der Waals surface area (Å²) in [6.45, 7) is 3.79. The topological polar surface area (TPSA) is 102 Å². The van der Waals surface area contributed by atoms with Crippen LogP contribution in [0.1, 0.15) is 51.3 Å². The first-order chi connectivity index (χ1) is 15.9. The lowest BCUT2D eigenvalue weighted by Gasteiger charge is -2.57. The fourth-order valence-electron chi connectivity index (χ4n) is 5.65. The van der Waals surface area contributed by atoms with Gasteiger partial charge in [-0.15, -0.1) is 5.10 Å². The Kier molecular flexibility index (Phi) is 6.47. The largest absolute Gasteiger partial charge is 0.378 e. The molecule has 3 fully saturated rings. The van der Waals surface area contributed by atoms with Crippen molar-refractivity contribution in [3.63, 3.8) is 0 Å². The van der Waals surface area contributed by atoms with E-state index < -0.39 is 15.6 Å². The molecule has 0 spiro atoms. The minimum absolute atomic E-state index is 0.191. The van der Waals surface area contributed by atoms with Crippen LogP contribution in [0.4, 0.5) is 0 Å². The van der Waals surface area contributed by atoms with E-state index in [4.69, 9.17) is 16.3 Å². The maximum absolute atomic E-state index is 12.5. The third-order valence-electron chi connectivity index (χ3n) is 7.31. The molecule has 1 unspecified atom stereocenters. The van der Waals surface area contributed by atoms with E-state index in [0.717, 1.165) is 50.2 Å². The molecule has 3 aliphatic rings. The van der Waals surface area contributed by atoms with Gasteiger partial charge in [0.2, 0.25) is 10.0 Å². The van der Waals surface area contributed by atoms with Gasteiger partial charge in [0.15, 0.2) is 5.82 Å². The number of benzene rings is 1. The smallest absolute Gasteiger partial charge is 0.214 e. The second-order valence-corrected chi connectivity index (χ2v) is 11.9. The monoisotopic (exact) mass is 494 g/mol. The molecule has 5 rings (SSSR count). The summed E-state index contributed by atoms with van der Waals surface area (Å²) in [7, 11) is -3.16. The molecule has 9 nitrogen and oxygen atoms in total. The molecule has 1 N–H and O–H groups in total. The number of hydrogen-bond donors (Lipinski definition) is 1. The minimum atomic E-state index is -3.16. The van der Waals surface area contributed by atoms with Crippen molar-refractivity contribution in [3.8, 4) is 5.69 Å². The van der Waals surface area contributed by atoms with Crippen LogP contribution in [0.2, 0.25) is 5.02 Å². The van der Waals surface area contributed by atoms with Crippen molar-refractivity contribution in [1.29, 1.82) is 0 Å². The standard InChI is InChI=1S/C22H31ClN6O3S/c1-2-14-33(30,31)28-11-9-17(10-12-28)24-22(15-20-19(22)4-3-13-32-20)21-25-26-27-29(21)18-7-5-16(23)6-8-18/h5-8,17,19-20,24H,2-4,9-15H2,1H3/t19-,20-,22?/m0/s1. The Morgan fingerprint density at radius 3 is 2.67 bits per heavy atom. The van der Waals surface area contributed by atoms with Gasteiger partial charge < -0.3 is 10.1 Å². The zero-order valence-electron chi connectivity index (χ0n) is 18.9. The van der Waals surface area contributed by atoms with E-state index in [0.29, 0.717) is 24.5 Å². The van der Waals surface area contributed by atoms with Crippen LogP contribution < -0.4 is 5.32 Å². The molecule has 3 heterocycles. The van der Waals surface area contributed by atoms with Gasteiger partial charge in [-0.25, -0.2) is 12.7 Å². The number of nitrogens with zero attached hydrogens (tertiary/aromatic N) is 5. The third kappa shape index (κ3) is 4.32. The first-order valence-corrected chi connectivity index (χ1v) is 13.8. The molecule has 1 aliphatic carbocycles. The number of tetrazole rings is 1. The normalized spacial score (nSPS) is 28.9. The molecule has 2 saturated heterocycles. The minimum Gasteiger partial charge on any atom is -0.378 e. The highest BCUT2D eigenvalue weighted by atomic mass is 35.5. The summed E-state index contributed by atoms with van der Waals surface area (Å²) >= 11 is 6.09. The second-order valence-electron chi connectivity index (χ2n) is 9.36. The molecule has 33 heavy (non-hydrogen) atoms. The van der Waals surface area contributed by atoms with Crippen LogP contribution in [-0.4, -0.2) is 70.5 Å². The fraction of sp³-hybridized carbons (Fsp3) is 0.682. The summed E-state index contributed by atoms with van der Waals surface area (Å²) in [6, 6.07) is 7.70. The van der Waals surface area contributed by atoms with Crippen molar-refractivity contribution < 1.29 is 13.2 Å². The molecule has 11 heteroatoms. The number of aromatic nitrogens is 4. The quantitative estimate of drug-likeness (QED) is 0.630. The van der Waals surface area contributed by atoms with Crippen LogP contribution in [0.3, 0.4) is 0 Å². The summed E-state index contributed by atoms with van der Waals surface area (Å²) in [6.07, 6.45) is 5.25. The SMILES string of the molecule is CCCS(=O)(=O)N1CCC(NC2(c3nnnn3-c3ccc(Cl)cc3)C[C@@H]3OCCC[C@@H]32)CC1. The molecule has 2 aliphatic heterocycles. The third-order valence-corrected chi connectivity index (χ3v) is 9.64. The highest BCUT2D eigenvalue weighted by molar-refractivity contribution is 7.89. The zero-order chi connectivity index (χ0) is 23.1. The van der Waals surface area contributed by atoms with Gasteiger partial charge in [-0.05, 0) is 73.2 Å². The number of nitrogens with one attached hydrogen (secondary N) is 1. The van der Waals surface area contributed by atoms with Crippen LogP contribution >= 0.6 is 11.6 Å². The van der Waals surface area contributed by atoms with E-state index in [2.05, 4.69) is 20.8 Å². The predicted molar refractivity (Wildman–Crippen MR) is 125 cm³/mol. The molecular weight excluding hydrogens is 464 g/mol. The van der Waals surface area contributed by atoms with Crippen LogP contribution in [0.5, 0.6) is 0 Å². The van der Waals surface area contributed by atoms with E-state index >= 15 is 0 Å². The Balaban J connectivity index is 1.40. The lowest BCUT2D eigenvalue weighted by molar-refractivity contribution is -0.156. The maximum Gasteiger partial charge on any atom is 0.214 e. The lowest BCUT2D eigenvalue weighted by Crippen LogP contribution is -2.68. The van der Waals surface area contributed by atoms with E-state index in [-0.39, 0.29) is 23.8 Å². The fourth-order valence-corrected chi connectivity index (χ4v) is 7.32. The van der Waals surface area contributed by atoms with Crippen LogP contribution in [0.15, 0.2) is 24.3 Å². The molecule has 0 radical (unpaired) electrons. The van der Waals surface area contributed by atoms with Gasteiger partial charge in [0.25, 0.3) is 0 Å². The Morgan fingerprint density at radius 1 is 1.21 bits per heavy atom. The number of hydrogen-bond acceptors (Lipinski definition) is 7. The van der Waals surface area contributed by atoms with E-state index in [1.165, 1.54) is 0 Å². The maximum atomic E-state index is 12.5. The molecule has 1 aromatic carbocycles. The van der Waals surface area contributed by atoms with E-state index in [1.807, 2.05) is 31.2 Å². The Morgan fingerprint density at radius 2 is 1.97 bits per heavy atom. The molecule has 1 aromatic heterocycles. The van der Waals surface area contributed by atoms with Crippen molar-refractivity contribution in [2.45, 2.75) is 63.1 Å². The Bertz CT molecular complexity index is 1070. The van der Waals surface area contributed by atoms with Gasteiger partial charge >= 0.3 is 0 Å². The highest BCUT2D eigenvalue weighted by Crippen LogP contribution is 2.52. The molecule has 2 aromatic rings. The van der Waals surface area contributed by atoms with Crippen molar-refractivity contribution in [1.82, 2.24) is 29.8 Å². The van der Waals surface area contributed by atoms with Gasteiger partial charge in [0.1, 0.15) is 0 Å². The lowest BCUT2D eigenvalue weighted by atomic mass is 9.60. The number of piperidine rings is 1. The van der Waals surface area contributed by atoms with Crippen molar-refractivity contribution in [2.75, 3.05) is 25.4 Å². The van der Waals surface area contributed by atoms with E-state index in [9.17, 15) is 8.42 Å². The first kappa shape index (κ1) is 23.2. The molecule has 1 saturated carbocycles. The van der Waals surface area contributed by atoms with Gasteiger partial charge in [0, 0.05) is 36.7 Å². The van der Waals surface area contributed by atoms with Crippen LogP contribution in [0.25, 0.3) is 5.69 Å². The Hall–Kier alpha value is -1.59. The number of fused-ring (bicyclic) bond motifs is 1. The molecule has 180 valence electrons. The molecule has 0 amide bonds. The van der Waals surface area contributed by atoms with Gasteiger partial charge in [-0.3, -0.25) is 0 Å². The summed E-state index contributed by atoms with van der Waals surface area (Å²) in [5.41, 5.74) is 0.463. The summed E-state index contributed by atoms with van der Waals surface area (Å²) < 4.78 is 34.5. The predicted octanol–water partition coefficient (Wildman–Crippen LogP) is 2.50. The van der Waals surface area contributed by atoms with Gasteiger partial charge in [0.05, 0.1) is 23.1 Å². The van der Waals surface area contributed by atoms with Crippen LogP contribution in [-0.2, 0) is 20.3 Å². The number of halogens is 1. The van der Waals surface area contributed by atoms with Gasteiger partial charge in [-0.2, -0.15) is 4.68 Å². The van der Waals surface area contributed by atoms with E-state index in [1.54, 1.807) is 8.99 Å². The number of rotatable bonds is 7. The second kappa shape index (κ2) is 9.22. The average Bonchev–Trinajstić information content (AvgIpc) is 3.28. The molecule has 0 bridgehead atoms. The van der Waals surface area contributed by atoms with Crippen molar-refractivity contribution in [2.24, 2.45) is 5.92 Å². The highest BCUT2D eigenvalue weighted by Gasteiger charge is 2.60. The molecule has 3 atom stereocenters. The number of sulfonamides is 1. The number of ether oxygens (including phenoxy) is 1. The molecular formula is C22H31ClN6O3S. The van der Waals surface area contributed by atoms with Crippen molar-refractivity contribution in [3.05, 3.63) is 35.1 Å². The Labute approximate surface area is 199 Å². The summed E-state index contributed by atoms with van der Waals surface area (Å²) in [5, 5.41) is 17.4. The summed E-state index contributed by atoms with van der Waals surface area (Å²) in [4.78, 5) is 0. The first-order valence-electron chi connectivity index (χ1n) is 11.8. The van der Waals surface area contributed by atoms with Crippen LogP contribution in [0, 0.1) is 5.92 Å². The average molecular weight is 495 g/mol. The van der Waals surface area contributed by atoms with Gasteiger partial charge in [-0.1, -0.05) is 18.5 Å².